The molecule has 0 saturated heterocycles. The number of carbonyl (C=O) groups is 1. The largest absolute Gasteiger partial charge is 0.342 e. The topological polar surface area (TPSA) is 45.2 Å². The predicted molar refractivity (Wildman–Crippen MR) is 107 cm³/mol. The number of rotatable bonds is 5. The van der Waals surface area contributed by atoms with Gasteiger partial charge in [0.2, 0.25) is 0 Å². The summed E-state index contributed by atoms with van der Waals surface area (Å²) in [5.41, 5.74) is 5.52. The first-order chi connectivity index (χ1) is 12.6. The van der Waals surface area contributed by atoms with Gasteiger partial charge in [-0.15, -0.1) is 0 Å². The molecule has 132 valence electrons. The van der Waals surface area contributed by atoms with Gasteiger partial charge in [0, 0.05) is 29.8 Å². The first-order valence-corrected chi connectivity index (χ1v) is 8.75. The first-order valence-electron chi connectivity index (χ1n) is 8.75. The van der Waals surface area contributed by atoms with E-state index in [9.17, 15) is 4.79 Å². The highest BCUT2D eigenvalue weighted by Gasteiger charge is 2.13. The molecule has 0 aliphatic rings. The number of benzene rings is 2. The van der Waals surface area contributed by atoms with Crippen molar-refractivity contribution in [1.82, 2.24) is 4.98 Å². The molecule has 0 fully saturated rings. The SMILES string of the molecule is CCN(c1cccc(C)c1)c1ccnc(C(=O)Nc2cccc(C)c2)c1. The third-order valence-corrected chi connectivity index (χ3v) is 4.19. The third kappa shape index (κ3) is 4.09. The van der Waals surface area contributed by atoms with Gasteiger partial charge in [0.25, 0.3) is 5.91 Å². The molecule has 1 N–H and O–H groups in total. The van der Waals surface area contributed by atoms with E-state index >= 15 is 0 Å². The molecule has 0 atom stereocenters. The lowest BCUT2D eigenvalue weighted by Gasteiger charge is -2.24. The highest BCUT2D eigenvalue weighted by Crippen LogP contribution is 2.26. The molecule has 1 amide bonds. The fourth-order valence-corrected chi connectivity index (χ4v) is 2.94. The Bertz CT molecular complexity index is 921. The highest BCUT2D eigenvalue weighted by molar-refractivity contribution is 6.03. The maximum Gasteiger partial charge on any atom is 0.274 e. The molecular formula is C22H23N3O. The Morgan fingerprint density at radius 3 is 2.35 bits per heavy atom. The molecule has 3 rings (SSSR count). The molecule has 0 saturated carbocycles. The van der Waals surface area contributed by atoms with E-state index in [4.69, 9.17) is 0 Å². The summed E-state index contributed by atoms with van der Waals surface area (Å²) in [6.45, 7) is 6.96. The number of nitrogens with zero attached hydrogens (tertiary/aromatic N) is 2. The van der Waals surface area contributed by atoms with E-state index in [1.807, 2.05) is 49.4 Å². The minimum atomic E-state index is -0.210. The molecule has 3 aromatic rings. The molecule has 0 unspecified atom stereocenters. The Hall–Kier alpha value is -3.14. The van der Waals surface area contributed by atoms with Crippen molar-refractivity contribution in [1.29, 1.82) is 0 Å². The van der Waals surface area contributed by atoms with E-state index in [1.54, 1.807) is 6.20 Å². The maximum atomic E-state index is 12.6. The second-order valence-corrected chi connectivity index (χ2v) is 6.31. The summed E-state index contributed by atoms with van der Waals surface area (Å²) in [6, 6.07) is 19.8. The van der Waals surface area contributed by atoms with E-state index in [1.165, 1.54) is 5.56 Å². The Labute approximate surface area is 154 Å². The fraction of sp³-hybridized carbons (Fsp3) is 0.182. The number of hydrogen-bond acceptors (Lipinski definition) is 3. The third-order valence-electron chi connectivity index (χ3n) is 4.19. The molecule has 1 aromatic heterocycles. The smallest absolute Gasteiger partial charge is 0.274 e. The Kier molecular flexibility index (Phi) is 5.32. The van der Waals surface area contributed by atoms with Gasteiger partial charge in [-0.1, -0.05) is 24.3 Å². The minimum absolute atomic E-state index is 0.210. The highest BCUT2D eigenvalue weighted by atomic mass is 16.1. The second kappa shape index (κ2) is 7.83. The number of carbonyl (C=O) groups excluding carboxylic acids is 1. The number of hydrogen-bond donors (Lipinski definition) is 1. The second-order valence-electron chi connectivity index (χ2n) is 6.31. The predicted octanol–water partition coefficient (Wildman–Crippen LogP) is 5.11. The molecule has 0 spiro atoms. The van der Waals surface area contributed by atoms with E-state index in [0.717, 1.165) is 29.2 Å². The Morgan fingerprint density at radius 2 is 1.65 bits per heavy atom. The molecule has 2 aromatic carbocycles. The molecule has 26 heavy (non-hydrogen) atoms. The van der Waals surface area contributed by atoms with Gasteiger partial charge in [0.05, 0.1) is 0 Å². The number of aromatic nitrogens is 1. The molecular weight excluding hydrogens is 322 g/mol. The van der Waals surface area contributed by atoms with Crippen LogP contribution < -0.4 is 10.2 Å². The standard InChI is InChI=1S/C22H23N3O/c1-4-25(19-10-6-8-17(3)14-19)20-11-12-23-21(15-20)22(26)24-18-9-5-7-16(2)13-18/h5-15H,4H2,1-3H3,(H,24,26). The summed E-state index contributed by atoms with van der Waals surface area (Å²) < 4.78 is 0. The average Bonchev–Trinajstić information content (AvgIpc) is 2.63. The summed E-state index contributed by atoms with van der Waals surface area (Å²) in [6.07, 6.45) is 1.68. The van der Waals surface area contributed by atoms with Crippen LogP contribution in [-0.4, -0.2) is 17.4 Å². The molecule has 0 radical (unpaired) electrons. The van der Waals surface area contributed by atoms with Crippen LogP contribution in [-0.2, 0) is 0 Å². The lowest BCUT2D eigenvalue weighted by Crippen LogP contribution is -2.18. The van der Waals surface area contributed by atoms with Crippen LogP contribution in [0.4, 0.5) is 17.1 Å². The van der Waals surface area contributed by atoms with Crippen molar-refractivity contribution in [3.63, 3.8) is 0 Å². The number of anilines is 3. The van der Waals surface area contributed by atoms with Crippen molar-refractivity contribution in [2.75, 3.05) is 16.8 Å². The quantitative estimate of drug-likeness (QED) is 0.699. The van der Waals surface area contributed by atoms with Crippen molar-refractivity contribution in [3.8, 4) is 0 Å². The molecule has 4 nitrogen and oxygen atoms in total. The van der Waals surface area contributed by atoms with E-state index in [2.05, 4.69) is 47.2 Å². The van der Waals surface area contributed by atoms with Gasteiger partial charge >= 0.3 is 0 Å². The van der Waals surface area contributed by atoms with Gasteiger partial charge < -0.3 is 10.2 Å². The van der Waals surface area contributed by atoms with Crippen LogP contribution in [0, 0.1) is 13.8 Å². The minimum Gasteiger partial charge on any atom is -0.342 e. The van der Waals surface area contributed by atoms with Gasteiger partial charge in [0.1, 0.15) is 5.69 Å². The van der Waals surface area contributed by atoms with Gasteiger partial charge in [0.15, 0.2) is 0 Å². The fourth-order valence-electron chi connectivity index (χ4n) is 2.94. The average molecular weight is 345 g/mol. The van der Waals surface area contributed by atoms with Gasteiger partial charge in [-0.2, -0.15) is 0 Å². The number of nitrogens with one attached hydrogen (secondary N) is 1. The van der Waals surface area contributed by atoms with Crippen LogP contribution in [0.15, 0.2) is 66.9 Å². The van der Waals surface area contributed by atoms with Gasteiger partial charge in [-0.3, -0.25) is 9.78 Å². The maximum absolute atomic E-state index is 12.6. The van der Waals surface area contributed by atoms with Crippen molar-refractivity contribution < 1.29 is 4.79 Å². The Morgan fingerprint density at radius 1 is 0.962 bits per heavy atom. The summed E-state index contributed by atoms with van der Waals surface area (Å²) in [5.74, 6) is -0.210. The number of aryl methyl sites for hydroxylation is 2. The van der Waals surface area contributed by atoms with Crippen LogP contribution >= 0.6 is 0 Å². The van der Waals surface area contributed by atoms with Crippen LogP contribution in [0.5, 0.6) is 0 Å². The van der Waals surface area contributed by atoms with Crippen LogP contribution in [0.25, 0.3) is 0 Å². The normalized spacial score (nSPS) is 10.4. The zero-order valence-corrected chi connectivity index (χ0v) is 15.4. The lowest BCUT2D eigenvalue weighted by molar-refractivity contribution is 0.102. The lowest BCUT2D eigenvalue weighted by atomic mass is 10.2. The Balaban J connectivity index is 1.86. The van der Waals surface area contributed by atoms with E-state index < -0.39 is 0 Å². The van der Waals surface area contributed by atoms with Crippen LogP contribution in [0.1, 0.15) is 28.5 Å². The van der Waals surface area contributed by atoms with E-state index in [0.29, 0.717) is 5.69 Å². The van der Waals surface area contributed by atoms with E-state index in [-0.39, 0.29) is 5.91 Å². The van der Waals surface area contributed by atoms with Gasteiger partial charge in [-0.05, 0) is 68.3 Å². The number of amides is 1. The van der Waals surface area contributed by atoms with Crippen molar-refractivity contribution in [3.05, 3.63) is 83.7 Å². The summed E-state index contributed by atoms with van der Waals surface area (Å²) in [4.78, 5) is 19.0. The zero-order chi connectivity index (χ0) is 18.5. The first kappa shape index (κ1) is 17.7. The molecule has 1 heterocycles. The molecule has 0 aliphatic heterocycles. The summed E-state index contributed by atoms with van der Waals surface area (Å²) >= 11 is 0. The van der Waals surface area contributed by atoms with Crippen LogP contribution in [0.2, 0.25) is 0 Å². The number of pyridine rings is 1. The molecule has 0 bridgehead atoms. The summed E-state index contributed by atoms with van der Waals surface area (Å²) in [5, 5.41) is 2.91. The van der Waals surface area contributed by atoms with Crippen LogP contribution in [0.3, 0.4) is 0 Å². The van der Waals surface area contributed by atoms with Crippen molar-refractivity contribution in [2.45, 2.75) is 20.8 Å². The van der Waals surface area contributed by atoms with Crippen molar-refractivity contribution in [2.24, 2.45) is 0 Å². The van der Waals surface area contributed by atoms with Gasteiger partial charge in [-0.25, -0.2) is 0 Å². The monoisotopic (exact) mass is 345 g/mol. The molecule has 0 aliphatic carbocycles. The summed E-state index contributed by atoms with van der Waals surface area (Å²) in [7, 11) is 0. The molecule has 4 heteroatoms. The zero-order valence-electron chi connectivity index (χ0n) is 15.4. The van der Waals surface area contributed by atoms with Crippen molar-refractivity contribution >= 4 is 23.0 Å².